The minimum Gasteiger partial charge on any atom is -0.476 e. The molecule has 2 aliphatic heterocycles. The van der Waals surface area contributed by atoms with Crippen LogP contribution in [0.1, 0.15) is 32.6 Å². The van der Waals surface area contributed by atoms with Crippen LogP contribution in [0.2, 0.25) is 0 Å². The Bertz CT molecular complexity index is 873. The molecule has 29 heavy (non-hydrogen) atoms. The maximum absolute atomic E-state index is 12.8. The molecule has 0 radical (unpaired) electrons. The first-order valence-electron chi connectivity index (χ1n) is 10.3. The molecule has 2 amide bonds. The Hall–Kier alpha value is -3.02. The van der Waals surface area contributed by atoms with Gasteiger partial charge in [0.2, 0.25) is 5.91 Å². The van der Waals surface area contributed by atoms with Crippen molar-refractivity contribution in [3.8, 4) is 5.75 Å². The summed E-state index contributed by atoms with van der Waals surface area (Å²) < 4.78 is 5.86. The molecule has 2 aromatic carbocycles. The molecule has 1 atom stereocenters. The fraction of sp³-hybridized carbons (Fsp3) is 0.391. The molecule has 2 aromatic rings. The van der Waals surface area contributed by atoms with E-state index in [1.165, 1.54) is 38.3 Å². The van der Waals surface area contributed by atoms with Gasteiger partial charge in [-0.1, -0.05) is 25.0 Å². The average Bonchev–Trinajstić information content (AvgIpc) is 3.03. The van der Waals surface area contributed by atoms with E-state index in [1.54, 1.807) is 11.0 Å². The highest BCUT2D eigenvalue weighted by molar-refractivity contribution is 5.99. The number of para-hydroxylation sites is 2. The normalized spacial score (nSPS) is 19.0. The van der Waals surface area contributed by atoms with E-state index in [4.69, 9.17) is 4.74 Å². The average molecular weight is 393 g/mol. The first-order chi connectivity index (χ1) is 14.1. The van der Waals surface area contributed by atoms with Gasteiger partial charge in [-0.05, 0) is 49.2 Å². The molecular weight excluding hydrogens is 366 g/mol. The number of hydrogen-bond acceptors (Lipinski definition) is 4. The van der Waals surface area contributed by atoms with Crippen LogP contribution in [0.4, 0.5) is 17.1 Å². The van der Waals surface area contributed by atoms with Crippen molar-refractivity contribution in [3.63, 3.8) is 0 Å². The second-order valence-corrected chi connectivity index (χ2v) is 7.64. The molecule has 2 aliphatic rings. The molecule has 6 heteroatoms. The molecule has 0 saturated carbocycles. The summed E-state index contributed by atoms with van der Waals surface area (Å²) >= 11 is 0. The molecule has 0 bridgehead atoms. The summed E-state index contributed by atoms with van der Waals surface area (Å²) in [6.07, 6.45) is 4.30. The standard InChI is InChI=1S/C23H27N3O3/c1-17(27)26-16-22(29-21-9-5-4-8-20(21)26)23(28)24-18-10-12-19(13-11-18)25-14-6-2-3-7-15-25/h4-5,8-13,22H,2-3,6-7,14-16H2,1H3,(H,24,28). The minimum absolute atomic E-state index is 0.111. The number of carbonyl (C=O) groups is 2. The maximum Gasteiger partial charge on any atom is 0.267 e. The van der Waals surface area contributed by atoms with Gasteiger partial charge in [-0.25, -0.2) is 0 Å². The van der Waals surface area contributed by atoms with Crippen LogP contribution in [0.3, 0.4) is 0 Å². The summed E-state index contributed by atoms with van der Waals surface area (Å²) in [4.78, 5) is 28.8. The summed E-state index contributed by atoms with van der Waals surface area (Å²) in [5.41, 5.74) is 2.62. The lowest BCUT2D eigenvalue weighted by molar-refractivity contribution is -0.123. The second-order valence-electron chi connectivity index (χ2n) is 7.64. The zero-order valence-corrected chi connectivity index (χ0v) is 16.8. The van der Waals surface area contributed by atoms with Gasteiger partial charge in [0.25, 0.3) is 5.91 Å². The number of rotatable bonds is 3. The lowest BCUT2D eigenvalue weighted by Gasteiger charge is -2.33. The van der Waals surface area contributed by atoms with E-state index in [0.717, 1.165) is 18.8 Å². The third kappa shape index (κ3) is 4.36. The van der Waals surface area contributed by atoms with Crippen molar-refractivity contribution in [2.45, 2.75) is 38.7 Å². The fourth-order valence-electron chi connectivity index (χ4n) is 3.98. The Morgan fingerprint density at radius 1 is 0.966 bits per heavy atom. The van der Waals surface area contributed by atoms with E-state index in [-0.39, 0.29) is 18.4 Å². The Kier molecular flexibility index (Phi) is 5.69. The van der Waals surface area contributed by atoms with Gasteiger partial charge < -0.3 is 19.9 Å². The van der Waals surface area contributed by atoms with Crippen molar-refractivity contribution in [1.29, 1.82) is 0 Å². The number of benzene rings is 2. The fourth-order valence-corrected chi connectivity index (χ4v) is 3.98. The van der Waals surface area contributed by atoms with Crippen LogP contribution in [0.25, 0.3) is 0 Å². The van der Waals surface area contributed by atoms with E-state index in [9.17, 15) is 9.59 Å². The topological polar surface area (TPSA) is 61.9 Å². The summed E-state index contributed by atoms with van der Waals surface area (Å²) in [6.45, 7) is 3.87. The van der Waals surface area contributed by atoms with Gasteiger partial charge in [0.05, 0.1) is 12.2 Å². The van der Waals surface area contributed by atoms with Crippen LogP contribution in [0.5, 0.6) is 5.75 Å². The molecular formula is C23H27N3O3. The largest absolute Gasteiger partial charge is 0.476 e. The smallest absolute Gasteiger partial charge is 0.267 e. The van der Waals surface area contributed by atoms with Crippen molar-refractivity contribution in [2.24, 2.45) is 0 Å². The molecule has 1 N–H and O–H groups in total. The molecule has 1 unspecified atom stereocenters. The highest BCUT2D eigenvalue weighted by Gasteiger charge is 2.32. The van der Waals surface area contributed by atoms with E-state index >= 15 is 0 Å². The molecule has 1 fully saturated rings. The number of fused-ring (bicyclic) bond motifs is 1. The Balaban J connectivity index is 1.43. The number of carbonyl (C=O) groups excluding carboxylic acids is 2. The summed E-state index contributed by atoms with van der Waals surface area (Å²) in [6, 6.07) is 15.3. The second kappa shape index (κ2) is 8.55. The Morgan fingerprint density at radius 3 is 2.34 bits per heavy atom. The van der Waals surface area contributed by atoms with Gasteiger partial charge in [-0.2, -0.15) is 0 Å². The molecule has 4 rings (SSSR count). The quantitative estimate of drug-likeness (QED) is 0.861. The van der Waals surface area contributed by atoms with Crippen molar-refractivity contribution in [3.05, 3.63) is 48.5 Å². The van der Waals surface area contributed by atoms with Crippen molar-refractivity contribution < 1.29 is 14.3 Å². The van der Waals surface area contributed by atoms with Gasteiger partial charge in [-0.15, -0.1) is 0 Å². The van der Waals surface area contributed by atoms with Crippen molar-refractivity contribution >= 4 is 28.9 Å². The highest BCUT2D eigenvalue weighted by Crippen LogP contribution is 2.33. The van der Waals surface area contributed by atoms with E-state index < -0.39 is 6.10 Å². The predicted molar refractivity (Wildman–Crippen MR) is 115 cm³/mol. The van der Waals surface area contributed by atoms with E-state index in [2.05, 4.69) is 22.3 Å². The molecule has 6 nitrogen and oxygen atoms in total. The zero-order chi connectivity index (χ0) is 20.2. The number of ether oxygens (including phenoxy) is 1. The molecule has 1 saturated heterocycles. The van der Waals surface area contributed by atoms with Crippen LogP contribution in [-0.2, 0) is 9.59 Å². The molecule has 0 spiro atoms. The van der Waals surface area contributed by atoms with Crippen molar-refractivity contribution in [1.82, 2.24) is 0 Å². The summed E-state index contributed by atoms with van der Waals surface area (Å²) in [5.74, 6) is 0.180. The third-order valence-corrected chi connectivity index (χ3v) is 5.55. The van der Waals surface area contributed by atoms with Crippen LogP contribution < -0.4 is 19.9 Å². The van der Waals surface area contributed by atoms with E-state index in [0.29, 0.717) is 11.4 Å². The molecule has 152 valence electrons. The first-order valence-corrected chi connectivity index (χ1v) is 10.3. The first kappa shape index (κ1) is 19.3. The number of nitrogens with one attached hydrogen (secondary N) is 1. The number of anilines is 3. The predicted octanol–water partition coefficient (Wildman–Crippen LogP) is 3.82. The highest BCUT2D eigenvalue weighted by atomic mass is 16.5. The van der Waals surface area contributed by atoms with Gasteiger partial charge in [0.15, 0.2) is 6.10 Å². The van der Waals surface area contributed by atoms with Gasteiger partial charge in [0.1, 0.15) is 5.75 Å². The zero-order valence-electron chi connectivity index (χ0n) is 16.8. The van der Waals surface area contributed by atoms with Crippen LogP contribution in [0, 0.1) is 0 Å². The number of hydrogen-bond donors (Lipinski definition) is 1. The van der Waals surface area contributed by atoms with Crippen LogP contribution in [0.15, 0.2) is 48.5 Å². The Morgan fingerprint density at radius 2 is 1.66 bits per heavy atom. The molecule has 0 aromatic heterocycles. The summed E-state index contributed by atoms with van der Waals surface area (Å²) in [5, 5.41) is 2.92. The van der Waals surface area contributed by atoms with Crippen LogP contribution >= 0.6 is 0 Å². The lowest BCUT2D eigenvalue weighted by Crippen LogP contribution is -2.48. The monoisotopic (exact) mass is 393 g/mol. The minimum atomic E-state index is -0.751. The van der Waals surface area contributed by atoms with Gasteiger partial charge >= 0.3 is 0 Å². The lowest BCUT2D eigenvalue weighted by atomic mass is 10.1. The van der Waals surface area contributed by atoms with Crippen LogP contribution in [-0.4, -0.2) is 37.6 Å². The van der Waals surface area contributed by atoms with E-state index in [1.807, 2.05) is 30.3 Å². The van der Waals surface area contributed by atoms with Gasteiger partial charge in [0, 0.05) is 31.4 Å². The Labute approximate surface area is 171 Å². The third-order valence-electron chi connectivity index (χ3n) is 5.55. The number of amides is 2. The molecule has 2 heterocycles. The van der Waals surface area contributed by atoms with Crippen molar-refractivity contribution in [2.75, 3.05) is 34.8 Å². The maximum atomic E-state index is 12.8. The van der Waals surface area contributed by atoms with Gasteiger partial charge in [-0.3, -0.25) is 9.59 Å². The SMILES string of the molecule is CC(=O)N1CC(C(=O)Nc2ccc(N3CCCCCC3)cc2)Oc2ccccc21. The summed E-state index contributed by atoms with van der Waals surface area (Å²) in [7, 11) is 0. The number of nitrogens with zero attached hydrogens (tertiary/aromatic N) is 2. The molecule has 0 aliphatic carbocycles.